The number of carbonyl (C=O) groups excluding carboxylic acids is 1. The molecule has 1 amide bonds. The lowest BCUT2D eigenvalue weighted by atomic mass is 10.2. The number of hydrogen-bond acceptors (Lipinski definition) is 4. The number of aryl methyl sites for hydroxylation is 2. The maximum absolute atomic E-state index is 12.3. The highest BCUT2D eigenvalue weighted by Gasteiger charge is 2.15. The molecule has 0 saturated heterocycles. The third kappa shape index (κ3) is 3.68. The number of fused-ring (bicyclic) bond motifs is 1. The molecule has 0 bridgehead atoms. The van der Waals surface area contributed by atoms with Crippen LogP contribution in [0.5, 0.6) is 5.75 Å². The van der Waals surface area contributed by atoms with Crippen LogP contribution in [-0.2, 0) is 4.79 Å². The first kappa shape index (κ1) is 15.5. The van der Waals surface area contributed by atoms with Crippen LogP contribution >= 0.6 is 11.3 Å². The fourth-order valence-corrected chi connectivity index (χ4v) is 3.10. The summed E-state index contributed by atoms with van der Waals surface area (Å²) < 4.78 is 6.74. The van der Waals surface area contributed by atoms with Crippen molar-refractivity contribution in [3.63, 3.8) is 0 Å². The van der Waals surface area contributed by atoms with Crippen molar-refractivity contribution >= 4 is 33.1 Å². The number of ether oxygens (including phenoxy) is 1. The van der Waals surface area contributed by atoms with Gasteiger partial charge in [-0.1, -0.05) is 17.7 Å². The summed E-state index contributed by atoms with van der Waals surface area (Å²) in [7, 11) is 0. The third-order valence-corrected chi connectivity index (χ3v) is 4.40. The lowest BCUT2D eigenvalue weighted by Crippen LogP contribution is -2.30. The molecule has 2 aromatic carbocycles. The van der Waals surface area contributed by atoms with E-state index in [0.29, 0.717) is 5.75 Å². The second-order valence-electron chi connectivity index (χ2n) is 5.48. The Morgan fingerprint density at radius 3 is 2.65 bits per heavy atom. The van der Waals surface area contributed by atoms with Crippen LogP contribution in [0.4, 0.5) is 5.69 Å². The van der Waals surface area contributed by atoms with Crippen molar-refractivity contribution in [1.82, 2.24) is 4.98 Å². The smallest absolute Gasteiger partial charge is 0.265 e. The zero-order chi connectivity index (χ0) is 16.4. The molecule has 1 heterocycles. The minimum atomic E-state index is -0.573. The Morgan fingerprint density at radius 2 is 1.91 bits per heavy atom. The van der Waals surface area contributed by atoms with Crippen molar-refractivity contribution in [3.05, 3.63) is 53.0 Å². The predicted octanol–water partition coefficient (Wildman–Crippen LogP) is 4.32. The molecule has 1 N–H and O–H groups in total. The largest absolute Gasteiger partial charge is 0.481 e. The monoisotopic (exact) mass is 326 g/mol. The third-order valence-electron chi connectivity index (χ3n) is 3.47. The molecule has 0 aliphatic rings. The molecule has 3 rings (SSSR count). The van der Waals surface area contributed by atoms with Crippen molar-refractivity contribution in [1.29, 1.82) is 0 Å². The van der Waals surface area contributed by atoms with Crippen molar-refractivity contribution in [2.45, 2.75) is 26.9 Å². The van der Waals surface area contributed by atoms with Gasteiger partial charge in [-0.2, -0.15) is 0 Å². The quantitative estimate of drug-likeness (QED) is 0.777. The van der Waals surface area contributed by atoms with Crippen LogP contribution in [0.25, 0.3) is 10.2 Å². The maximum atomic E-state index is 12.3. The van der Waals surface area contributed by atoms with Gasteiger partial charge in [-0.25, -0.2) is 4.98 Å². The van der Waals surface area contributed by atoms with Crippen LogP contribution in [0.2, 0.25) is 0 Å². The number of carbonyl (C=O) groups is 1. The summed E-state index contributed by atoms with van der Waals surface area (Å²) in [4.78, 5) is 16.7. The van der Waals surface area contributed by atoms with Crippen molar-refractivity contribution in [2.24, 2.45) is 0 Å². The average molecular weight is 326 g/mol. The molecule has 0 spiro atoms. The van der Waals surface area contributed by atoms with E-state index in [1.807, 2.05) is 56.3 Å². The molecular formula is C18H18N2O2S. The molecule has 4 nitrogen and oxygen atoms in total. The molecule has 1 aromatic heterocycles. The SMILES string of the molecule is Cc1ccc(OC(C)C(=O)Nc2ccc3nc(C)sc3c2)cc1. The van der Waals surface area contributed by atoms with E-state index in [1.54, 1.807) is 18.3 Å². The van der Waals surface area contributed by atoms with E-state index >= 15 is 0 Å². The maximum Gasteiger partial charge on any atom is 0.265 e. The number of hydrogen-bond donors (Lipinski definition) is 1. The molecule has 118 valence electrons. The van der Waals surface area contributed by atoms with E-state index in [4.69, 9.17) is 4.74 Å². The molecule has 3 aromatic rings. The van der Waals surface area contributed by atoms with Crippen LogP contribution in [-0.4, -0.2) is 17.0 Å². The van der Waals surface area contributed by atoms with Crippen molar-refractivity contribution in [3.8, 4) is 5.75 Å². The zero-order valence-corrected chi connectivity index (χ0v) is 14.1. The molecule has 0 aliphatic carbocycles. The Bertz CT molecular complexity index is 840. The van der Waals surface area contributed by atoms with Crippen LogP contribution in [0.15, 0.2) is 42.5 Å². The highest BCUT2D eigenvalue weighted by Crippen LogP contribution is 2.25. The van der Waals surface area contributed by atoms with Crippen molar-refractivity contribution < 1.29 is 9.53 Å². The van der Waals surface area contributed by atoms with E-state index in [0.717, 1.165) is 26.5 Å². The number of thiazole rings is 1. The van der Waals surface area contributed by atoms with Crippen LogP contribution in [0.3, 0.4) is 0 Å². The molecule has 0 saturated carbocycles. The lowest BCUT2D eigenvalue weighted by molar-refractivity contribution is -0.122. The van der Waals surface area contributed by atoms with Crippen molar-refractivity contribution in [2.75, 3.05) is 5.32 Å². The number of benzene rings is 2. The van der Waals surface area contributed by atoms with Crippen LogP contribution in [0, 0.1) is 13.8 Å². The molecule has 0 fully saturated rings. The number of rotatable bonds is 4. The van der Waals surface area contributed by atoms with E-state index in [1.165, 1.54) is 0 Å². The Labute approximate surface area is 139 Å². The Morgan fingerprint density at radius 1 is 1.17 bits per heavy atom. The van der Waals surface area contributed by atoms with Gasteiger partial charge in [0.1, 0.15) is 5.75 Å². The first-order valence-corrected chi connectivity index (χ1v) is 8.24. The zero-order valence-electron chi connectivity index (χ0n) is 13.3. The highest BCUT2D eigenvalue weighted by atomic mass is 32.1. The molecule has 5 heteroatoms. The van der Waals surface area contributed by atoms with E-state index < -0.39 is 6.10 Å². The average Bonchev–Trinajstić information content (AvgIpc) is 2.88. The molecular weight excluding hydrogens is 308 g/mol. The second kappa shape index (κ2) is 6.38. The minimum Gasteiger partial charge on any atom is -0.481 e. The topological polar surface area (TPSA) is 51.2 Å². The van der Waals surface area contributed by atoms with Gasteiger partial charge in [-0.15, -0.1) is 11.3 Å². The Balaban J connectivity index is 1.67. The van der Waals surface area contributed by atoms with Gasteiger partial charge in [0.15, 0.2) is 6.10 Å². The Hall–Kier alpha value is -2.40. The number of amides is 1. The van der Waals surface area contributed by atoms with E-state index in [9.17, 15) is 4.79 Å². The standard InChI is InChI=1S/C18H18N2O2S/c1-11-4-7-15(8-5-11)22-12(2)18(21)20-14-6-9-16-17(10-14)23-13(3)19-16/h4-10,12H,1-3H3,(H,20,21). The van der Waals surface area contributed by atoms with Gasteiger partial charge in [0.05, 0.1) is 15.2 Å². The number of aromatic nitrogens is 1. The highest BCUT2D eigenvalue weighted by molar-refractivity contribution is 7.18. The van der Waals surface area contributed by atoms with E-state index in [-0.39, 0.29) is 5.91 Å². The van der Waals surface area contributed by atoms with Gasteiger partial charge < -0.3 is 10.1 Å². The first-order valence-electron chi connectivity index (χ1n) is 7.42. The first-order chi connectivity index (χ1) is 11.0. The summed E-state index contributed by atoms with van der Waals surface area (Å²) in [5, 5.41) is 3.90. The summed E-state index contributed by atoms with van der Waals surface area (Å²) in [6, 6.07) is 13.4. The van der Waals surface area contributed by atoms with Gasteiger partial charge in [-0.3, -0.25) is 4.79 Å². The second-order valence-corrected chi connectivity index (χ2v) is 6.71. The Kier molecular flexibility index (Phi) is 4.30. The lowest BCUT2D eigenvalue weighted by Gasteiger charge is -2.15. The van der Waals surface area contributed by atoms with Gasteiger partial charge in [-0.05, 0) is 51.1 Å². The van der Waals surface area contributed by atoms with Gasteiger partial charge >= 0.3 is 0 Å². The normalized spacial score (nSPS) is 12.1. The molecule has 1 atom stereocenters. The van der Waals surface area contributed by atoms with Crippen LogP contribution < -0.4 is 10.1 Å². The fourth-order valence-electron chi connectivity index (χ4n) is 2.24. The molecule has 0 radical (unpaired) electrons. The number of nitrogens with one attached hydrogen (secondary N) is 1. The summed E-state index contributed by atoms with van der Waals surface area (Å²) in [6.45, 7) is 5.72. The van der Waals surface area contributed by atoms with E-state index in [2.05, 4.69) is 10.3 Å². The van der Waals surface area contributed by atoms with Gasteiger partial charge in [0, 0.05) is 5.69 Å². The summed E-state index contributed by atoms with van der Waals surface area (Å²) in [5.74, 6) is 0.512. The summed E-state index contributed by atoms with van der Waals surface area (Å²) in [5.41, 5.74) is 2.86. The fraction of sp³-hybridized carbons (Fsp3) is 0.222. The number of anilines is 1. The molecule has 0 aliphatic heterocycles. The van der Waals surface area contributed by atoms with Gasteiger partial charge in [0.2, 0.25) is 0 Å². The summed E-state index contributed by atoms with van der Waals surface area (Å²) >= 11 is 1.61. The predicted molar refractivity (Wildman–Crippen MR) is 94.3 cm³/mol. The summed E-state index contributed by atoms with van der Waals surface area (Å²) in [6.07, 6.45) is -0.573. The molecule has 23 heavy (non-hydrogen) atoms. The minimum absolute atomic E-state index is 0.175. The number of nitrogens with zero attached hydrogens (tertiary/aromatic N) is 1. The molecule has 1 unspecified atom stereocenters. The van der Waals surface area contributed by atoms with Crippen LogP contribution in [0.1, 0.15) is 17.5 Å². The van der Waals surface area contributed by atoms with Gasteiger partial charge in [0.25, 0.3) is 5.91 Å².